The highest BCUT2D eigenvalue weighted by Crippen LogP contribution is 2.22. The lowest BCUT2D eigenvalue weighted by molar-refractivity contribution is 0.133. The summed E-state index contributed by atoms with van der Waals surface area (Å²) in [6, 6.07) is 11.0. The Morgan fingerprint density at radius 2 is 1.71 bits per heavy atom. The first-order valence-electron chi connectivity index (χ1n) is 9.18. The van der Waals surface area contributed by atoms with Gasteiger partial charge in [-0.15, -0.1) is 0 Å². The Balaban J connectivity index is 1.50. The number of hydrogen-bond acceptors (Lipinski definition) is 3. The number of benzene rings is 1. The van der Waals surface area contributed by atoms with E-state index in [-0.39, 0.29) is 0 Å². The molecule has 24 heavy (non-hydrogen) atoms. The second-order valence-corrected chi connectivity index (χ2v) is 8.66. The molecule has 5 nitrogen and oxygen atoms in total. The lowest BCUT2D eigenvalue weighted by Gasteiger charge is -2.36. The van der Waals surface area contributed by atoms with Crippen LogP contribution in [0.25, 0.3) is 0 Å². The fraction of sp³-hybridized carbons (Fsp3) is 0.667. The van der Waals surface area contributed by atoms with Crippen LogP contribution in [0.15, 0.2) is 30.3 Å². The molecular formula is C18H29N3O2S. The Hall–Kier alpha value is -0.950. The van der Waals surface area contributed by atoms with Crippen molar-refractivity contribution >= 4 is 10.2 Å². The minimum absolute atomic E-state index is 0.472. The summed E-state index contributed by atoms with van der Waals surface area (Å²) in [6.07, 6.45) is 6.50. The summed E-state index contributed by atoms with van der Waals surface area (Å²) in [5.74, 6) is 0. The smallest absolute Gasteiger partial charge is 0.279 e. The van der Waals surface area contributed by atoms with Crippen LogP contribution in [0.5, 0.6) is 0 Å². The van der Waals surface area contributed by atoms with Crippen molar-refractivity contribution in [3.63, 3.8) is 0 Å². The second kappa shape index (κ2) is 8.43. The minimum atomic E-state index is -3.27. The van der Waals surface area contributed by atoms with Gasteiger partial charge in [0, 0.05) is 32.2 Å². The fourth-order valence-electron chi connectivity index (χ4n) is 3.79. The van der Waals surface area contributed by atoms with Gasteiger partial charge in [-0.05, 0) is 44.2 Å². The SMILES string of the molecule is O=S(=O)(NCCC1CCCCN1Cc1ccccc1)N1CCCC1. The first-order chi connectivity index (χ1) is 11.6. The van der Waals surface area contributed by atoms with Crippen LogP contribution in [0.2, 0.25) is 0 Å². The molecule has 2 saturated heterocycles. The summed E-state index contributed by atoms with van der Waals surface area (Å²) in [5.41, 5.74) is 1.34. The van der Waals surface area contributed by atoms with Crippen LogP contribution >= 0.6 is 0 Å². The predicted molar refractivity (Wildman–Crippen MR) is 96.8 cm³/mol. The number of likely N-dealkylation sites (tertiary alicyclic amines) is 1. The molecule has 2 heterocycles. The third kappa shape index (κ3) is 4.79. The zero-order valence-electron chi connectivity index (χ0n) is 14.4. The number of rotatable bonds is 7. The molecule has 0 spiro atoms. The van der Waals surface area contributed by atoms with Crippen molar-refractivity contribution in [3.8, 4) is 0 Å². The zero-order valence-corrected chi connectivity index (χ0v) is 15.2. The number of hydrogen-bond donors (Lipinski definition) is 1. The fourth-order valence-corrected chi connectivity index (χ4v) is 5.08. The minimum Gasteiger partial charge on any atom is -0.296 e. The quantitative estimate of drug-likeness (QED) is 0.820. The van der Waals surface area contributed by atoms with E-state index in [1.54, 1.807) is 4.31 Å². The van der Waals surface area contributed by atoms with Crippen molar-refractivity contribution in [1.82, 2.24) is 13.9 Å². The van der Waals surface area contributed by atoms with E-state index >= 15 is 0 Å². The maximum Gasteiger partial charge on any atom is 0.279 e. The Bertz CT molecular complexity index is 600. The number of nitrogens with zero attached hydrogens (tertiary/aromatic N) is 2. The van der Waals surface area contributed by atoms with Crippen molar-refractivity contribution in [2.45, 2.75) is 51.1 Å². The molecule has 2 aliphatic rings. The lowest BCUT2D eigenvalue weighted by atomic mass is 9.98. The molecule has 3 rings (SSSR count). The molecule has 0 aliphatic carbocycles. The highest BCUT2D eigenvalue weighted by atomic mass is 32.2. The van der Waals surface area contributed by atoms with Crippen LogP contribution in [-0.2, 0) is 16.8 Å². The molecule has 1 atom stereocenters. The Morgan fingerprint density at radius 1 is 1.00 bits per heavy atom. The molecule has 2 fully saturated rings. The van der Waals surface area contributed by atoms with Gasteiger partial charge in [-0.2, -0.15) is 12.7 Å². The van der Waals surface area contributed by atoms with Gasteiger partial charge in [0.15, 0.2) is 0 Å². The van der Waals surface area contributed by atoms with Gasteiger partial charge < -0.3 is 0 Å². The van der Waals surface area contributed by atoms with Crippen LogP contribution in [0.1, 0.15) is 44.1 Å². The molecule has 1 aromatic rings. The number of nitrogens with one attached hydrogen (secondary N) is 1. The van der Waals surface area contributed by atoms with Crippen molar-refractivity contribution in [3.05, 3.63) is 35.9 Å². The van der Waals surface area contributed by atoms with Gasteiger partial charge in [-0.25, -0.2) is 4.72 Å². The van der Waals surface area contributed by atoms with Crippen LogP contribution in [-0.4, -0.2) is 49.8 Å². The summed E-state index contributed by atoms with van der Waals surface area (Å²) in [5, 5.41) is 0. The van der Waals surface area contributed by atoms with Crippen LogP contribution in [0, 0.1) is 0 Å². The summed E-state index contributed by atoms with van der Waals surface area (Å²) in [4.78, 5) is 2.52. The molecule has 0 bridgehead atoms. The summed E-state index contributed by atoms with van der Waals surface area (Å²) < 4.78 is 28.9. The summed E-state index contributed by atoms with van der Waals surface area (Å²) in [7, 11) is -3.27. The normalized spacial score (nSPS) is 23.6. The summed E-state index contributed by atoms with van der Waals surface area (Å²) in [6.45, 7) is 3.94. The maximum absolute atomic E-state index is 12.2. The zero-order chi connectivity index (χ0) is 16.8. The van der Waals surface area contributed by atoms with Gasteiger partial charge in [-0.1, -0.05) is 36.8 Å². The van der Waals surface area contributed by atoms with E-state index < -0.39 is 10.2 Å². The third-order valence-corrected chi connectivity index (χ3v) is 6.76. The van der Waals surface area contributed by atoms with E-state index in [1.807, 2.05) is 6.07 Å². The number of piperidine rings is 1. The molecule has 2 aliphatic heterocycles. The van der Waals surface area contributed by atoms with Crippen LogP contribution in [0.3, 0.4) is 0 Å². The molecule has 0 saturated carbocycles. The van der Waals surface area contributed by atoms with Gasteiger partial charge in [0.05, 0.1) is 0 Å². The van der Waals surface area contributed by atoms with Crippen molar-refractivity contribution < 1.29 is 8.42 Å². The first kappa shape index (κ1) is 17.9. The second-order valence-electron chi connectivity index (χ2n) is 6.90. The Kier molecular flexibility index (Phi) is 6.27. The van der Waals surface area contributed by atoms with E-state index in [1.165, 1.54) is 18.4 Å². The molecule has 1 unspecified atom stereocenters. The van der Waals surface area contributed by atoms with Gasteiger partial charge in [0.2, 0.25) is 0 Å². The molecule has 0 amide bonds. The highest BCUT2D eigenvalue weighted by Gasteiger charge is 2.26. The van der Waals surface area contributed by atoms with E-state index in [4.69, 9.17) is 0 Å². The molecule has 134 valence electrons. The molecule has 1 aromatic carbocycles. The Morgan fingerprint density at radius 3 is 2.46 bits per heavy atom. The average molecular weight is 352 g/mol. The van der Waals surface area contributed by atoms with Crippen LogP contribution < -0.4 is 4.72 Å². The molecular weight excluding hydrogens is 322 g/mol. The standard InChI is InChI=1S/C18H29N3O2S/c22-24(23,21-14-6-7-15-21)19-12-11-18-10-4-5-13-20(18)16-17-8-2-1-3-9-17/h1-3,8-9,18-19H,4-7,10-16H2. The largest absolute Gasteiger partial charge is 0.296 e. The lowest BCUT2D eigenvalue weighted by Crippen LogP contribution is -2.43. The monoisotopic (exact) mass is 351 g/mol. The van der Waals surface area contributed by atoms with Crippen LogP contribution in [0.4, 0.5) is 0 Å². The molecule has 0 radical (unpaired) electrons. The molecule has 1 N–H and O–H groups in total. The van der Waals surface area contributed by atoms with Gasteiger partial charge in [-0.3, -0.25) is 4.90 Å². The topological polar surface area (TPSA) is 52.7 Å². The first-order valence-corrected chi connectivity index (χ1v) is 10.6. The Labute approximate surface area is 146 Å². The van der Waals surface area contributed by atoms with E-state index in [0.29, 0.717) is 25.7 Å². The average Bonchev–Trinajstić information content (AvgIpc) is 3.13. The van der Waals surface area contributed by atoms with Crippen molar-refractivity contribution in [1.29, 1.82) is 0 Å². The van der Waals surface area contributed by atoms with Gasteiger partial charge in [0.25, 0.3) is 10.2 Å². The third-order valence-electron chi connectivity index (χ3n) is 5.14. The summed E-state index contributed by atoms with van der Waals surface area (Å²) >= 11 is 0. The molecule has 0 aromatic heterocycles. The van der Waals surface area contributed by atoms with Gasteiger partial charge >= 0.3 is 0 Å². The van der Waals surface area contributed by atoms with Gasteiger partial charge in [0.1, 0.15) is 0 Å². The predicted octanol–water partition coefficient (Wildman–Crippen LogP) is 2.36. The molecule has 6 heteroatoms. The van der Waals surface area contributed by atoms with E-state index in [9.17, 15) is 8.42 Å². The maximum atomic E-state index is 12.2. The highest BCUT2D eigenvalue weighted by molar-refractivity contribution is 7.87. The van der Waals surface area contributed by atoms with E-state index in [0.717, 1.165) is 38.8 Å². The van der Waals surface area contributed by atoms with Crippen molar-refractivity contribution in [2.24, 2.45) is 0 Å². The van der Waals surface area contributed by atoms with E-state index in [2.05, 4.69) is 33.9 Å². The van der Waals surface area contributed by atoms with Crippen molar-refractivity contribution in [2.75, 3.05) is 26.2 Å².